The number of aliphatic hydroxyl groups excluding tert-OH is 1. The predicted molar refractivity (Wildman–Crippen MR) is 109 cm³/mol. The molecular weight excluding hydrogens is 364 g/mol. The average molecular weight is 405 g/mol. The van der Waals surface area contributed by atoms with Gasteiger partial charge in [-0.3, -0.25) is 9.80 Å². The first-order chi connectivity index (χ1) is 11.7. The molecule has 0 aromatic carbocycles. The number of β-amino-alcohol motifs (C(OH)–C–C–N with tert-alkyl or cyclic N) is 1. The Balaban J connectivity index is 2.14. The van der Waals surface area contributed by atoms with Gasteiger partial charge < -0.3 is 5.11 Å². The lowest BCUT2D eigenvalue weighted by molar-refractivity contribution is 0.103. The van der Waals surface area contributed by atoms with E-state index in [1.54, 1.807) is 0 Å². The van der Waals surface area contributed by atoms with Crippen LogP contribution in [0.2, 0.25) is 0 Å². The van der Waals surface area contributed by atoms with Crippen molar-refractivity contribution in [2.45, 2.75) is 102 Å². The zero-order valence-electron chi connectivity index (χ0n) is 16.2. The largest absolute Gasteiger partial charge is 0.395 e. The molecule has 1 fully saturated rings. The van der Waals surface area contributed by atoms with E-state index in [1.807, 2.05) is 0 Å². The minimum Gasteiger partial charge on any atom is -0.395 e. The minimum absolute atomic E-state index is 0.272. The topological polar surface area (TPSA) is 26.7 Å². The summed E-state index contributed by atoms with van der Waals surface area (Å²) in [5.74, 6) is 0. The van der Waals surface area contributed by atoms with Crippen molar-refractivity contribution in [3.8, 4) is 0 Å². The monoisotopic (exact) mass is 404 g/mol. The zero-order valence-corrected chi connectivity index (χ0v) is 17.8. The second-order valence-electron chi connectivity index (χ2n) is 7.34. The molecule has 1 rings (SSSR count). The van der Waals surface area contributed by atoms with Gasteiger partial charge in [-0.1, -0.05) is 94.0 Å². The van der Waals surface area contributed by atoms with E-state index in [0.717, 1.165) is 19.6 Å². The molecule has 1 N–H and O–H groups in total. The smallest absolute Gasteiger partial charge is 0.0797 e. The summed E-state index contributed by atoms with van der Waals surface area (Å²) in [7, 11) is 0. The molecule has 4 heteroatoms. The second kappa shape index (κ2) is 14.5. The summed E-state index contributed by atoms with van der Waals surface area (Å²) in [6.45, 7) is 7.82. The molecule has 2 atom stereocenters. The number of aliphatic hydroxyl groups is 1. The van der Waals surface area contributed by atoms with E-state index < -0.39 is 0 Å². The van der Waals surface area contributed by atoms with Crippen LogP contribution in [0.5, 0.6) is 0 Å². The normalized spacial score (nSPS) is 22.5. The lowest BCUT2D eigenvalue weighted by Crippen LogP contribution is -2.41. The fourth-order valence-electron chi connectivity index (χ4n) is 3.90. The van der Waals surface area contributed by atoms with Crippen molar-refractivity contribution in [3.63, 3.8) is 0 Å². The highest BCUT2D eigenvalue weighted by atomic mass is 79.9. The standard InChI is InChI=1S/C20H41BrN2O/c1-3-5-6-7-8-9-10-11-12-13-14-20-22(16-17-24)18-19(21)23(20)15-4-2/h19-20,24H,3-18H2,1-2H3. The number of rotatable bonds is 15. The molecule has 0 amide bonds. The maximum atomic E-state index is 9.32. The van der Waals surface area contributed by atoms with E-state index in [4.69, 9.17) is 0 Å². The van der Waals surface area contributed by atoms with Crippen LogP contribution in [0, 0.1) is 0 Å². The number of nitrogens with zero attached hydrogens (tertiary/aromatic N) is 2. The molecule has 1 aliphatic heterocycles. The molecule has 0 bridgehead atoms. The summed E-state index contributed by atoms with van der Waals surface area (Å²) in [5.41, 5.74) is 0. The molecule has 3 nitrogen and oxygen atoms in total. The van der Waals surface area contributed by atoms with Gasteiger partial charge in [-0.25, -0.2) is 0 Å². The summed E-state index contributed by atoms with van der Waals surface area (Å²) in [5, 5.41) is 9.32. The van der Waals surface area contributed by atoms with Crippen molar-refractivity contribution < 1.29 is 5.11 Å². The maximum absolute atomic E-state index is 9.32. The third-order valence-corrected chi connectivity index (χ3v) is 6.05. The Morgan fingerprint density at radius 1 is 0.833 bits per heavy atom. The highest BCUT2D eigenvalue weighted by molar-refractivity contribution is 9.09. The Morgan fingerprint density at radius 3 is 1.96 bits per heavy atom. The predicted octanol–water partition coefficient (Wildman–Crippen LogP) is 5.36. The van der Waals surface area contributed by atoms with Crippen LogP contribution in [-0.4, -0.2) is 52.3 Å². The number of unbranched alkanes of at least 4 members (excludes halogenated alkanes) is 9. The van der Waals surface area contributed by atoms with Crippen molar-refractivity contribution in [2.24, 2.45) is 0 Å². The molecule has 0 aromatic rings. The number of hydrogen-bond donors (Lipinski definition) is 1. The summed E-state index contributed by atoms with van der Waals surface area (Å²) in [6.07, 6.45) is 16.9. The van der Waals surface area contributed by atoms with Crippen LogP contribution in [0.4, 0.5) is 0 Å². The number of hydrogen-bond acceptors (Lipinski definition) is 3. The van der Waals surface area contributed by atoms with Gasteiger partial charge in [0.15, 0.2) is 0 Å². The first-order valence-electron chi connectivity index (χ1n) is 10.5. The van der Waals surface area contributed by atoms with Gasteiger partial charge in [0, 0.05) is 19.6 Å². The Morgan fingerprint density at radius 2 is 1.42 bits per heavy atom. The Bertz CT molecular complexity index is 291. The molecule has 0 spiro atoms. The van der Waals surface area contributed by atoms with Gasteiger partial charge in [-0.05, 0) is 12.8 Å². The summed E-state index contributed by atoms with van der Waals surface area (Å²) >= 11 is 3.83. The van der Waals surface area contributed by atoms with Crippen LogP contribution in [0.15, 0.2) is 0 Å². The van der Waals surface area contributed by atoms with Gasteiger partial charge >= 0.3 is 0 Å². The fourth-order valence-corrected chi connectivity index (χ4v) is 4.74. The third-order valence-electron chi connectivity index (χ3n) is 5.23. The van der Waals surface area contributed by atoms with Crippen LogP contribution in [0.25, 0.3) is 0 Å². The lowest BCUT2D eigenvalue weighted by Gasteiger charge is -2.30. The zero-order chi connectivity index (χ0) is 17.6. The molecule has 24 heavy (non-hydrogen) atoms. The quantitative estimate of drug-likeness (QED) is 0.226. The van der Waals surface area contributed by atoms with Crippen molar-refractivity contribution >= 4 is 15.9 Å². The summed E-state index contributed by atoms with van der Waals surface area (Å²) in [6, 6.07) is 0. The van der Waals surface area contributed by atoms with Gasteiger partial charge in [0.1, 0.15) is 0 Å². The number of alkyl halides is 1. The minimum atomic E-state index is 0.272. The van der Waals surface area contributed by atoms with Gasteiger partial charge in [-0.2, -0.15) is 0 Å². The molecule has 0 radical (unpaired) electrons. The molecule has 2 unspecified atom stereocenters. The Labute approximate surface area is 159 Å². The van der Waals surface area contributed by atoms with E-state index >= 15 is 0 Å². The summed E-state index contributed by atoms with van der Waals surface area (Å²) < 4.78 is 0. The van der Waals surface area contributed by atoms with E-state index in [0.29, 0.717) is 11.1 Å². The maximum Gasteiger partial charge on any atom is 0.0797 e. The van der Waals surface area contributed by atoms with Gasteiger partial charge in [0.2, 0.25) is 0 Å². The summed E-state index contributed by atoms with van der Waals surface area (Å²) in [4.78, 5) is 5.50. The molecule has 0 aromatic heterocycles. The van der Waals surface area contributed by atoms with Crippen molar-refractivity contribution in [2.75, 3.05) is 26.2 Å². The number of halogens is 1. The highest BCUT2D eigenvalue weighted by Crippen LogP contribution is 2.28. The van der Waals surface area contributed by atoms with E-state index in [-0.39, 0.29) is 6.61 Å². The van der Waals surface area contributed by atoms with Crippen LogP contribution in [0.3, 0.4) is 0 Å². The van der Waals surface area contributed by atoms with Crippen molar-refractivity contribution in [1.82, 2.24) is 9.80 Å². The molecular formula is C20H41BrN2O. The highest BCUT2D eigenvalue weighted by Gasteiger charge is 2.36. The SMILES string of the molecule is CCCCCCCCCCCCC1N(CCO)CC(Br)N1CCC. The van der Waals surface area contributed by atoms with E-state index in [1.165, 1.54) is 77.0 Å². The van der Waals surface area contributed by atoms with Crippen LogP contribution in [0.1, 0.15) is 90.9 Å². The Hall–Kier alpha value is 0.360. The van der Waals surface area contributed by atoms with Crippen LogP contribution in [-0.2, 0) is 0 Å². The van der Waals surface area contributed by atoms with Gasteiger partial charge in [-0.15, -0.1) is 0 Å². The van der Waals surface area contributed by atoms with Gasteiger partial charge in [0.25, 0.3) is 0 Å². The molecule has 1 heterocycles. The van der Waals surface area contributed by atoms with Crippen molar-refractivity contribution in [3.05, 3.63) is 0 Å². The Kier molecular flexibility index (Phi) is 13.6. The first kappa shape index (κ1) is 22.4. The molecule has 0 aliphatic carbocycles. The van der Waals surface area contributed by atoms with E-state index in [9.17, 15) is 5.11 Å². The molecule has 144 valence electrons. The first-order valence-corrected chi connectivity index (χ1v) is 11.4. The lowest BCUT2D eigenvalue weighted by atomic mass is 10.1. The molecule has 1 saturated heterocycles. The second-order valence-corrected chi connectivity index (χ2v) is 8.40. The third kappa shape index (κ3) is 8.64. The fraction of sp³-hybridized carbons (Fsp3) is 1.00. The van der Waals surface area contributed by atoms with Gasteiger partial charge in [0.05, 0.1) is 17.7 Å². The average Bonchev–Trinajstić information content (AvgIpc) is 2.86. The van der Waals surface area contributed by atoms with Crippen LogP contribution < -0.4 is 0 Å². The molecule has 0 saturated carbocycles. The van der Waals surface area contributed by atoms with Crippen LogP contribution >= 0.6 is 15.9 Å². The van der Waals surface area contributed by atoms with Crippen molar-refractivity contribution in [1.29, 1.82) is 0 Å². The van der Waals surface area contributed by atoms with E-state index in [2.05, 4.69) is 39.6 Å². The molecule has 1 aliphatic rings.